The van der Waals surface area contributed by atoms with Crippen LogP contribution in [0.2, 0.25) is 0 Å². The molecule has 0 amide bonds. The largest absolute Gasteiger partial charge is 0.337 e. The molecule has 2 aromatic carbocycles. The first kappa shape index (κ1) is 16.2. The Kier molecular flexibility index (Phi) is 3.88. The van der Waals surface area contributed by atoms with E-state index < -0.39 is 0 Å². The van der Waals surface area contributed by atoms with Gasteiger partial charge in [0.1, 0.15) is 5.82 Å². The minimum absolute atomic E-state index is 0.267. The minimum atomic E-state index is -0.267. The van der Waals surface area contributed by atoms with Gasteiger partial charge in [-0.2, -0.15) is 5.10 Å². The summed E-state index contributed by atoms with van der Waals surface area (Å²) in [5.41, 5.74) is 5.00. The zero-order valence-electron chi connectivity index (χ0n) is 14.8. The molecule has 0 spiro atoms. The van der Waals surface area contributed by atoms with Crippen LogP contribution in [0.4, 0.5) is 15.9 Å². The quantitative estimate of drug-likeness (QED) is 0.587. The highest BCUT2D eigenvalue weighted by atomic mass is 19.1. The van der Waals surface area contributed by atoms with Crippen molar-refractivity contribution in [3.8, 4) is 5.82 Å². The molecule has 0 saturated carbocycles. The van der Waals surface area contributed by atoms with Crippen molar-refractivity contribution in [3.63, 3.8) is 0 Å². The lowest BCUT2D eigenvalue weighted by atomic mass is 10.2. The molecule has 6 heteroatoms. The van der Waals surface area contributed by atoms with Crippen molar-refractivity contribution < 1.29 is 4.39 Å². The third-order valence-corrected chi connectivity index (χ3v) is 4.20. The van der Waals surface area contributed by atoms with Crippen molar-refractivity contribution >= 4 is 22.5 Å². The van der Waals surface area contributed by atoms with Gasteiger partial charge in [-0.15, -0.1) is 0 Å². The number of nitrogens with one attached hydrogen (secondary N) is 1. The highest BCUT2D eigenvalue weighted by Gasteiger charge is 2.15. The number of hydrogen-bond donors (Lipinski definition) is 1. The molecule has 0 aliphatic heterocycles. The third-order valence-electron chi connectivity index (χ3n) is 4.20. The second kappa shape index (κ2) is 6.22. The predicted octanol–water partition coefficient (Wildman–Crippen LogP) is 4.62. The van der Waals surface area contributed by atoms with E-state index in [1.165, 1.54) is 12.1 Å². The number of rotatable bonds is 3. The predicted molar refractivity (Wildman–Crippen MR) is 101 cm³/mol. The summed E-state index contributed by atoms with van der Waals surface area (Å²) in [7, 11) is 0. The van der Waals surface area contributed by atoms with Crippen LogP contribution < -0.4 is 5.32 Å². The number of halogens is 1. The lowest BCUT2D eigenvalue weighted by molar-refractivity contribution is 0.627. The fourth-order valence-electron chi connectivity index (χ4n) is 2.96. The Morgan fingerprint density at radius 2 is 1.65 bits per heavy atom. The van der Waals surface area contributed by atoms with E-state index in [1.54, 1.807) is 10.7 Å². The van der Waals surface area contributed by atoms with Gasteiger partial charge in [-0.05, 0) is 62.7 Å². The number of fused-ring (bicyclic) bond motifs is 1. The minimum Gasteiger partial charge on any atom is -0.337 e. The van der Waals surface area contributed by atoms with E-state index in [2.05, 4.69) is 10.4 Å². The molecule has 5 nitrogen and oxygen atoms in total. The van der Waals surface area contributed by atoms with Crippen LogP contribution in [0.15, 0.2) is 48.5 Å². The Hall–Kier alpha value is -3.28. The van der Waals surface area contributed by atoms with Gasteiger partial charge in [0.2, 0.25) is 0 Å². The van der Waals surface area contributed by atoms with E-state index in [1.807, 2.05) is 51.1 Å². The van der Waals surface area contributed by atoms with Gasteiger partial charge in [-0.1, -0.05) is 12.1 Å². The number of anilines is 2. The van der Waals surface area contributed by atoms with E-state index in [-0.39, 0.29) is 5.82 Å². The summed E-state index contributed by atoms with van der Waals surface area (Å²) in [5, 5.41) is 7.83. The Balaban J connectivity index is 1.91. The van der Waals surface area contributed by atoms with Crippen LogP contribution in [0.3, 0.4) is 0 Å². The van der Waals surface area contributed by atoms with Crippen LogP contribution in [-0.2, 0) is 0 Å². The number of nitrogens with zero attached hydrogens (tertiary/aromatic N) is 4. The van der Waals surface area contributed by atoms with Crippen molar-refractivity contribution in [2.24, 2.45) is 0 Å². The van der Waals surface area contributed by atoms with Crippen LogP contribution in [0.1, 0.15) is 17.0 Å². The van der Waals surface area contributed by atoms with E-state index in [9.17, 15) is 4.39 Å². The van der Waals surface area contributed by atoms with Crippen LogP contribution in [-0.4, -0.2) is 19.7 Å². The Bertz CT molecular complexity index is 1120. The standard InChI is InChI=1S/C20H18FN5/c1-12-10-15(21)8-9-16(12)22-19-20(26-14(3)11-13(2)25-26)24-18-7-5-4-6-17(18)23-19/h4-11H,1-3H3,(H,22,23). The first-order valence-corrected chi connectivity index (χ1v) is 8.35. The molecule has 0 atom stereocenters. The van der Waals surface area contributed by atoms with Gasteiger partial charge in [0.25, 0.3) is 0 Å². The number of para-hydroxylation sites is 2. The third kappa shape index (κ3) is 2.90. The molecule has 2 heterocycles. The van der Waals surface area contributed by atoms with Gasteiger partial charge in [-0.3, -0.25) is 0 Å². The van der Waals surface area contributed by atoms with E-state index >= 15 is 0 Å². The summed E-state index contributed by atoms with van der Waals surface area (Å²) in [4.78, 5) is 9.50. The lowest BCUT2D eigenvalue weighted by Crippen LogP contribution is -2.09. The lowest BCUT2D eigenvalue weighted by Gasteiger charge is -2.14. The second-order valence-corrected chi connectivity index (χ2v) is 6.31. The SMILES string of the molecule is Cc1cc(C)n(-c2nc3ccccc3nc2Nc2ccc(F)cc2C)n1. The van der Waals surface area contributed by atoms with Gasteiger partial charge < -0.3 is 5.32 Å². The molecule has 0 radical (unpaired) electrons. The maximum Gasteiger partial charge on any atom is 0.197 e. The van der Waals surface area contributed by atoms with E-state index in [0.29, 0.717) is 11.6 Å². The molecule has 4 aromatic rings. The molecule has 0 bridgehead atoms. The molecule has 4 rings (SSSR count). The summed E-state index contributed by atoms with van der Waals surface area (Å²) in [6.07, 6.45) is 0. The summed E-state index contributed by atoms with van der Waals surface area (Å²) < 4.78 is 15.2. The highest BCUT2D eigenvalue weighted by Crippen LogP contribution is 2.26. The maximum atomic E-state index is 13.4. The van der Waals surface area contributed by atoms with Crippen molar-refractivity contribution in [3.05, 3.63) is 71.3 Å². The van der Waals surface area contributed by atoms with Gasteiger partial charge in [0, 0.05) is 11.4 Å². The summed E-state index contributed by atoms with van der Waals surface area (Å²) in [6, 6.07) is 14.3. The van der Waals surface area contributed by atoms with E-state index in [4.69, 9.17) is 9.97 Å². The fourth-order valence-corrected chi connectivity index (χ4v) is 2.96. The van der Waals surface area contributed by atoms with Gasteiger partial charge in [0.15, 0.2) is 11.6 Å². The number of benzene rings is 2. The van der Waals surface area contributed by atoms with Crippen molar-refractivity contribution in [1.82, 2.24) is 19.7 Å². The Morgan fingerprint density at radius 3 is 2.31 bits per heavy atom. The van der Waals surface area contributed by atoms with Crippen molar-refractivity contribution in [1.29, 1.82) is 0 Å². The number of hydrogen-bond acceptors (Lipinski definition) is 4. The van der Waals surface area contributed by atoms with Crippen molar-refractivity contribution in [2.75, 3.05) is 5.32 Å². The van der Waals surface area contributed by atoms with Crippen LogP contribution >= 0.6 is 0 Å². The molecular formula is C20H18FN5. The molecule has 0 fully saturated rings. The van der Waals surface area contributed by atoms with Crippen LogP contribution in [0.25, 0.3) is 16.9 Å². The summed E-state index contributed by atoms with van der Waals surface area (Å²) in [5.74, 6) is 0.916. The topological polar surface area (TPSA) is 55.6 Å². The van der Waals surface area contributed by atoms with Gasteiger partial charge >= 0.3 is 0 Å². The van der Waals surface area contributed by atoms with Gasteiger partial charge in [-0.25, -0.2) is 19.0 Å². The van der Waals surface area contributed by atoms with Crippen molar-refractivity contribution in [2.45, 2.75) is 20.8 Å². The monoisotopic (exact) mass is 347 g/mol. The number of aromatic nitrogens is 4. The summed E-state index contributed by atoms with van der Waals surface area (Å²) >= 11 is 0. The molecule has 2 aromatic heterocycles. The molecule has 26 heavy (non-hydrogen) atoms. The fraction of sp³-hybridized carbons (Fsp3) is 0.150. The van der Waals surface area contributed by atoms with Crippen LogP contribution in [0.5, 0.6) is 0 Å². The molecule has 0 aliphatic rings. The molecule has 0 aliphatic carbocycles. The average molecular weight is 347 g/mol. The number of aryl methyl sites for hydroxylation is 3. The molecular weight excluding hydrogens is 329 g/mol. The highest BCUT2D eigenvalue weighted by molar-refractivity contribution is 5.79. The zero-order valence-corrected chi connectivity index (χ0v) is 14.8. The van der Waals surface area contributed by atoms with E-state index in [0.717, 1.165) is 33.7 Å². The Morgan fingerprint density at radius 1 is 0.923 bits per heavy atom. The molecule has 0 saturated heterocycles. The Labute approximate surface area is 150 Å². The first-order chi connectivity index (χ1) is 12.5. The zero-order chi connectivity index (χ0) is 18.3. The first-order valence-electron chi connectivity index (χ1n) is 8.35. The average Bonchev–Trinajstić information content (AvgIpc) is 2.95. The van der Waals surface area contributed by atoms with Crippen LogP contribution in [0, 0.1) is 26.6 Å². The smallest absolute Gasteiger partial charge is 0.197 e. The normalized spacial score (nSPS) is 11.1. The summed E-state index contributed by atoms with van der Waals surface area (Å²) in [6.45, 7) is 5.77. The second-order valence-electron chi connectivity index (χ2n) is 6.31. The molecule has 130 valence electrons. The molecule has 0 unspecified atom stereocenters. The van der Waals surface area contributed by atoms with Gasteiger partial charge in [0.05, 0.1) is 16.7 Å². The maximum absolute atomic E-state index is 13.4. The molecule has 1 N–H and O–H groups in total.